The molecule has 3 heteroatoms. The summed E-state index contributed by atoms with van der Waals surface area (Å²) in [7, 11) is 0. The largest absolute Gasteiger partial charge is 0.393 e. The Morgan fingerprint density at radius 3 is 2.48 bits per heavy atom. The van der Waals surface area contributed by atoms with E-state index in [-0.39, 0.29) is 6.10 Å². The summed E-state index contributed by atoms with van der Waals surface area (Å²) in [5, 5.41) is 13.1. The maximum atomic E-state index is 9.54. The number of hydrogen-bond acceptors (Lipinski definition) is 3. The number of aliphatic hydroxyl groups excluding tert-OH is 1. The number of hydrogen-bond donors (Lipinski definition) is 2. The van der Waals surface area contributed by atoms with Gasteiger partial charge in [0.05, 0.1) is 6.10 Å². The zero-order valence-electron chi connectivity index (χ0n) is 12.9. The quantitative estimate of drug-likeness (QED) is 0.874. The minimum Gasteiger partial charge on any atom is -0.393 e. The van der Waals surface area contributed by atoms with E-state index >= 15 is 0 Å². The van der Waals surface area contributed by atoms with Gasteiger partial charge in [-0.25, -0.2) is 0 Å². The summed E-state index contributed by atoms with van der Waals surface area (Å²) < 4.78 is 0. The summed E-state index contributed by atoms with van der Waals surface area (Å²) >= 11 is 0. The van der Waals surface area contributed by atoms with Gasteiger partial charge in [0, 0.05) is 25.3 Å². The molecule has 0 radical (unpaired) electrons. The molecule has 1 aromatic rings. The van der Waals surface area contributed by atoms with Crippen molar-refractivity contribution in [1.29, 1.82) is 0 Å². The van der Waals surface area contributed by atoms with Gasteiger partial charge >= 0.3 is 0 Å². The molecular weight excluding hydrogens is 260 g/mol. The summed E-state index contributed by atoms with van der Waals surface area (Å²) in [6.45, 7) is 4.39. The van der Waals surface area contributed by atoms with Crippen LogP contribution in [0.1, 0.15) is 44.1 Å². The summed E-state index contributed by atoms with van der Waals surface area (Å²) in [6, 6.07) is 9.03. The van der Waals surface area contributed by atoms with Gasteiger partial charge in [0.2, 0.25) is 0 Å². The van der Waals surface area contributed by atoms with Gasteiger partial charge in [-0.3, -0.25) is 0 Å². The molecule has 1 aliphatic carbocycles. The Balaban J connectivity index is 1.43. The molecule has 116 valence electrons. The molecule has 1 saturated heterocycles. The molecule has 0 aromatic heterocycles. The highest BCUT2D eigenvalue weighted by atomic mass is 16.3. The molecule has 0 amide bonds. The molecule has 2 atom stereocenters. The fraction of sp³-hybridized carbons (Fsp3) is 0.667. The van der Waals surface area contributed by atoms with E-state index in [9.17, 15) is 5.11 Å². The first kappa shape index (κ1) is 14.9. The third-order valence-electron chi connectivity index (χ3n) is 4.93. The van der Waals surface area contributed by atoms with Crippen molar-refractivity contribution >= 4 is 5.69 Å². The second-order valence-corrected chi connectivity index (χ2v) is 6.68. The highest BCUT2D eigenvalue weighted by Crippen LogP contribution is 2.24. The van der Waals surface area contributed by atoms with E-state index in [2.05, 4.69) is 34.5 Å². The Labute approximate surface area is 128 Å². The molecule has 3 rings (SSSR count). The number of benzene rings is 1. The Kier molecular flexibility index (Phi) is 5.15. The zero-order chi connectivity index (χ0) is 14.5. The Bertz CT molecular complexity index is 425. The average Bonchev–Trinajstić information content (AvgIpc) is 2.94. The first-order chi connectivity index (χ1) is 10.3. The van der Waals surface area contributed by atoms with E-state index in [0.29, 0.717) is 5.92 Å². The first-order valence-electron chi connectivity index (χ1n) is 8.54. The molecule has 1 saturated carbocycles. The summed E-state index contributed by atoms with van der Waals surface area (Å²) in [4.78, 5) is 2.50. The Hall–Kier alpha value is -1.06. The smallest absolute Gasteiger partial charge is 0.0543 e. The monoisotopic (exact) mass is 288 g/mol. The molecule has 2 aliphatic rings. The van der Waals surface area contributed by atoms with Crippen LogP contribution in [0.3, 0.4) is 0 Å². The average molecular weight is 288 g/mol. The van der Waals surface area contributed by atoms with Crippen LogP contribution in [-0.4, -0.2) is 30.8 Å². The van der Waals surface area contributed by atoms with Crippen LogP contribution in [0.25, 0.3) is 0 Å². The highest BCUT2D eigenvalue weighted by Gasteiger charge is 2.21. The van der Waals surface area contributed by atoms with E-state index in [1.54, 1.807) is 0 Å². The molecule has 1 aliphatic heterocycles. The molecule has 2 unspecified atom stereocenters. The lowest BCUT2D eigenvalue weighted by Crippen LogP contribution is -2.29. The summed E-state index contributed by atoms with van der Waals surface area (Å²) in [5.74, 6) is 0.660. The number of anilines is 1. The van der Waals surface area contributed by atoms with E-state index in [0.717, 1.165) is 25.9 Å². The molecule has 1 aromatic carbocycles. The number of nitrogens with zero attached hydrogens (tertiary/aromatic N) is 1. The maximum Gasteiger partial charge on any atom is 0.0543 e. The molecule has 2 fully saturated rings. The summed E-state index contributed by atoms with van der Waals surface area (Å²) in [6.07, 6.45) is 7.11. The van der Waals surface area contributed by atoms with Crippen LogP contribution in [0, 0.1) is 5.92 Å². The Morgan fingerprint density at radius 1 is 1.05 bits per heavy atom. The van der Waals surface area contributed by atoms with Gasteiger partial charge in [-0.15, -0.1) is 0 Å². The first-order valence-corrected chi connectivity index (χ1v) is 8.54. The van der Waals surface area contributed by atoms with Crippen molar-refractivity contribution in [1.82, 2.24) is 5.32 Å². The van der Waals surface area contributed by atoms with Crippen molar-refractivity contribution < 1.29 is 5.11 Å². The van der Waals surface area contributed by atoms with Crippen molar-refractivity contribution in [2.45, 2.75) is 51.2 Å². The van der Waals surface area contributed by atoms with Gasteiger partial charge in [0.25, 0.3) is 0 Å². The Morgan fingerprint density at radius 2 is 1.81 bits per heavy atom. The van der Waals surface area contributed by atoms with Crippen LogP contribution in [0.2, 0.25) is 0 Å². The molecule has 0 spiro atoms. The second kappa shape index (κ2) is 7.28. The van der Waals surface area contributed by atoms with Gasteiger partial charge in [-0.2, -0.15) is 0 Å². The van der Waals surface area contributed by atoms with Crippen LogP contribution >= 0.6 is 0 Å². The van der Waals surface area contributed by atoms with Gasteiger partial charge in [0.15, 0.2) is 0 Å². The van der Waals surface area contributed by atoms with Crippen LogP contribution in [0.15, 0.2) is 24.3 Å². The van der Waals surface area contributed by atoms with E-state index in [1.807, 2.05) is 0 Å². The third-order valence-corrected chi connectivity index (χ3v) is 4.93. The van der Waals surface area contributed by atoms with E-state index < -0.39 is 0 Å². The van der Waals surface area contributed by atoms with Crippen molar-refractivity contribution in [2.24, 2.45) is 5.92 Å². The molecular formula is C18H28N2O. The maximum absolute atomic E-state index is 9.54. The molecule has 1 heterocycles. The molecule has 2 N–H and O–H groups in total. The van der Waals surface area contributed by atoms with Crippen LogP contribution in [-0.2, 0) is 6.54 Å². The minimum atomic E-state index is -0.0550. The summed E-state index contributed by atoms with van der Waals surface area (Å²) in [5.41, 5.74) is 2.73. The molecule has 3 nitrogen and oxygen atoms in total. The predicted molar refractivity (Wildman–Crippen MR) is 87.6 cm³/mol. The van der Waals surface area contributed by atoms with E-state index in [1.165, 1.54) is 50.0 Å². The van der Waals surface area contributed by atoms with Gasteiger partial charge in [0.1, 0.15) is 0 Å². The number of nitrogens with one attached hydrogen (secondary N) is 1. The lowest BCUT2D eigenvalue weighted by molar-refractivity contribution is 0.177. The molecule has 21 heavy (non-hydrogen) atoms. The normalized spacial score (nSPS) is 26.2. The van der Waals surface area contributed by atoms with Crippen LogP contribution < -0.4 is 10.2 Å². The SMILES string of the molecule is OC1CCC(CNCc2ccc(N3CCCCC3)cc2)C1. The minimum absolute atomic E-state index is 0.0550. The lowest BCUT2D eigenvalue weighted by Gasteiger charge is -2.28. The van der Waals surface area contributed by atoms with Crippen LogP contribution in [0.4, 0.5) is 5.69 Å². The fourth-order valence-electron chi connectivity index (χ4n) is 3.63. The zero-order valence-corrected chi connectivity index (χ0v) is 12.9. The van der Waals surface area contributed by atoms with Crippen LogP contribution in [0.5, 0.6) is 0 Å². The predicted octanol–water partition coefficient (Wildman–Crippen LogP) is 2.93. The van der Waals surface area contributed by atoms with Gasteiger partial charge in [-0.1, -0.05) is 12.1 Å². The topological polar surface area (TPSA) is 35.5 Å². The number of piperidine rings is 1. The number of aliphatic hydroxyl groups is 1. The number of rotatable bonds is 5. The highest BCUT2D eigenvalue weighted by molar-refractivity contribution is 5.47. The van der Waals surface area contributed by atoms with E-state index in [4.69, 9.17) is 0 Å². The van der Waals surface area contributed by atoms with Gasteiger partial charge < -0.3 is 15.3 Å². The van der Waals surface area contributed by atoms with Crippen molar-refractivity contribution in [3.8, 4) is 0 Å². The third kappa shape index (κ3) is 4.21. The lowest BCUT2D eigenvalue weighted by atomic mass is 10.1. The second-order valence-electron chi connectivity index (χ2n) is 6.68. The van der Waals surface area contributed by atoms with Crippen molar-refractivity contribution in [2.75, 3.05) is 24.5 Å². The molecule has 0 bridgehead atoms. The van der Waals surface area contributed by atoms with Crippen molar-refractivity contribution in [3.63, 3.8) is 0 Å². The standard InChI is InChI=1S/C18H28N2O/c21-18-9-6-16(12-18)14-19-13-15-4-7-17(8-5-15)20-10-2-1-3-11-20/h4-5,7-8,16,18-19,21H,1-3,6,9-14H2. The fourth-order valence-corrected chi connectivity index (χ4v) is 3.63. The van der Waals surface area contributed by atoms with Gasteiger partial charge in [-0.05, 0) is 68.7 Å². The van der Waals surface area contributed by atoms with Crippen molar-refractivity contribution in [3.05, 3.63) is 29.8 Å².